The SMILES string of the molecule is O=C([C@@H]1CC(=O)N(c2ccc(F)cc2)C1)N1CCCC[C@H](c2ccc(F)cc2)C1. The van der Waals surface area contributed by atoms with E-state index >= 15 is 0 Å². The molecule has 0 saturated carbocycles. The molecule has 0 spiro atoms. The predicted octanol–water partition coefficient (Wildman–Crippen LogP) is 4.11. The number of carbonyl (C=O) groups excluding carboxylic acids is 2. The molecule has 2 aliphatic rings. The third-order valence-corrected chi connectivity index (χ3v) is 5.94. The summed E-state index contributed by atoms with van der Waals surface area (Å²) in [4.78, 5) is 29.1. The lowest BCUT2D eigenvalue weighted by Gasteiger charge is -2.27. The van der Waals surface area contributed by atoms with E-state index in [4.69, 9.17) is 0 Å². The van der Waals surface area contributed by atoms with Crippen LogP contribution < -0.4 is 4.90 Å². The molecule has 0 unspecified atom stereocenters. The zero-order valence-electron chi connectivity index (χ0n) is 16.2. The van der Waals surface area contributed by atoms with Crippen LogP contribution in [0.5, 0.6) is 0 Å². The molecule has 2 fully saturated rings. The van der Waals surface area contributed by atoms with Gasteiger partial charge in [0.1, 0.15) is 11.6 Å². The van der Waals surface area contributed by atoms with Crippen molar-refractivity contribution in [2.45, 2.75) is 31.6 Å². The van der Waals surface area contributed by atoms with Crippen molar-refractivity contribution >= 4 is 17.5 Å². The Hall–Kier alpha value is -2.76. The smallest absolute Gasteiger partial charge is 0.228 e. The first-order valence-corrected chi connectivity index (χ1v) is 10.1. The minimum Gasteiger partial charge on any atom is -0.342 e. The van der Waals surface area contributed by atoms with E-state index in [2.05, 4.69) is 0 Å². The predicted molar refractivity (Wildman–Crippen MR) is 106 cm³/mol. The first-order chi connectivity index (χ1) is 14.0. The average molecular weight is 398 g/mol. The Morgan fingerprint density at radius 1 is 0.897 bits per heavy atom. The van der Waals surface area contributed by atoms with Crippen molar-refractivity contribution in [1.82, 2.24) is 4.90 Å². The van der Waals surface area contributed by atoms with Crippen LogP contribution in [0.25, 0.3) is 0 Å². The van der Waals surface area contributed by atoms with E-state index in [0.29, 0.717) is 25.3 Å². The second-order valence-electron chi connectivity index (χ2n) is 7.91. The lowest BCUT2D eigenvalue weighted by atomic mass is 9.94. The maximum atomic E-state index is 13.3. The molecule has 2 amide bonds. The van der Waals surface area contributed by atoms with Gasteiger partial charge < -0.3 is 9.80 Å². The van der Waals surface area contributed by atoms with Gasteiger partial charge in [0.2, 0.25) is 11.8 Å². The molecule has 0 bridgehead atoms. The highest BCUT2D eigenvalue weighted by Crippen LogP contribution is 2.30. The third-order valence-electron chi connectivity index (χ3n) is 5.94. The second kappa shape index (κ2) is 8.31. The highest BCUT2D eigenvalue weighted by atomic mass is 19.1. The van der Waals surface area contributed by atoms with Gasteiger partial charge in [-0.25, -0.2) is 8.78 Å². The number of amides is 2. The quantitative estimate of drug-likeness (QED) is 0.781. The van der Waals surface area contributed by atoms with Gasteiger partial charge in [0.15, 0.2) is 0 Å². The monoisotopic (exact) mass is 398 g/mol. The Morgan fingerprint density at radius 2 is 1.55 bits per heavy atom. The second-order valence-corrected chi connectivity index (χ2v) is 7.91. The van der Waals surface area contributed by atoms with E-state index in [0.717, 1.165) is 24.8 Å². The fourth-order valence-electron chi connectivity index (χ4n) is 4.35. The zero-order valence-corrected chi connectivity index (χ0v) is 16.2. The molecule has 0 aliphatic carbocycles. The van der Waals surface area contributed by atoms with Gasteiger partial charge in [0.05, 0.1) is 5.92 Å². The average Bonchev–Trinajstić information content (AvgIpc) is 2.95. The molecule has 2 aromatic rings. The van der Waals surface area contributed by atoms with E-state index < -0.39 is 0 Å². The summed E-state index contributed by atoms with van der Waals surface area (Å²) in [7, 11) is 0. The molecule has 0 aromatic heterocycles. The van der Waals surface area contributed by atoms with Crippen LogP contribution >= 0.6 is 0 Å². The number of halogens is 2. The van der Waals surface area contributed by atoms with Crippen molar-refractivity contribution in [2.75, 3.05) is 24.5 Å². The van der Waals surface area contributed by atoms with Crippen LogP contribution in [0.3, 0.4) is 0 Å². The number of benzene rings is 2. The maximum Gasteiger partial charge on any atom is 0.228 e. The summed E-state index contributed by atoms with van der Waals surface area (Å²) < 4.78 is 26.4. The molecule has 2 atom stereocenters. The Morgan fingerprint density at radius 3 is 2.24 bits per heavy atom. The van der Waals surface area contributed by atoms with Crippen LogP contribution in [0, 0.1) is 17.6 Å². The Labute approximate surface area is 169 Å². The van der Waals surface area contributed by atoms with Crippen LogP contribution in [0.1, 0.15) is 37.2 Å². The van der Waals surface area contributed by atoms with E-state index in [1.165, 1.54) is 24.3 Å². The number of hydrogen-bond donors (Lipinski definition) is 0. The topological polar surface area (TPSA) is 40.6 Å². The lowest BCUT2D eigenvalue weighted by Crippen LogP contribution is -2.39. The van der Waals surface area contributed by atoms with Crippen molar-refractivity contribution < 1.29 is 18.4 Å². The minimum atomic E-state index is -0.389. The molecule has 6 heteroatoms. The molecule has 2 saturated heterocycles. The highest BCUT2D eigenvalue weighted by Gasteiger charge is 2.38. The molecule has 2 aliphatic heterocycles. The summed E-state index contributed by atoms with van der Waals surface area (Å²) >= 11 is 0. The number of anilines is 1. The molecule has 152 valence electrons. The molecular formula is C23H24F2N2O2. The Bertz CT molecular complexity index is 883. The van der Waals surface area contributed by atoms with Gasteiger partial charge in [-0.3, -0.25) is 9.59 Å². The molecule has 2 aromatic carbocycles. The lowest BCUT2D eigenvalue weighted by molar-refractivity contribution is -0.135. The number of hydrogen-bond acceptors (Lipinski definition) is 2. The van der Waals surface area contributed by atoms with Gasteiger partial charge in [-0.1, -0.05) is 18.6 Å². The highest BCUT2D eigenvalue weighted by molar-refractivity contribution is 6.00. The summed E-state index contributed by atoms with van der Waals surface area (Å²) in [6.45, 7) is 1.59. The maximum absolute atomic E-state index is 13.3. The molecule has 4 nitrogen and oxygen atoms in total. The molecular weight excluding hydrogens is 374 g/mol. The van der Waals surface area contributed by atoms with Gasteiger partial charge in [-0.2, -0.15) is 0 Å². The molecule has 2 heterocycles. The van der Waals surface area contributed by atoms with Gasteiger partial charge in [-0.15, -0.1) is 0 Å². The normalized spacial score (nSPS) is 22.6. The van der Waals surface area contributed by atoms with Gasteiger partial charge in [0, 0.05) is 37.7 Å². The number of likely N-dealkylation sites (tertiary alicyclic amines) is 1. The molecule has 29 heavy (non-hydrogen) atoms. The summed E-state index contributed by atoms with van der Waals surface area (Å²) in [6, 6.07) is 12.3. The first-order valence-electron chi connectivity index (χ1n) is 10.1. The van der Waals surface area contributed by atoms with Crippen LogP contribution in [-0.2, 0) is 9.59 Å². The zero-order chi connectivity index (χ0) is 20.4. The van der Waals surface area contributed by atoms with E-state index in [1.54, 1.807) is 29.2 Å². The van der Waals surface area contributed by atoms with Crippen LogP contribution in [0.2, 0.25) is 0 Å². The molecule has 0 radical (unpaired) electrons. The standard InChI is InChI=1S/C23H24F2N2O2/c24-19-6-4-16(5-7-19)17-3-1-2-12-26(14-17)23(29)18-13-22(28)27(15-18)21-10-8-20(25)9-11-21/h4-11,17-18H,1-3,12-15H2/t17-,18+/m0/s1. The summed E-state index contributed by atoms with van der Waals surface area (Å²) in [5, 5.41) is 0. The van der Waals surface area contributed by atoms with E-state index in [9.17, 15) is 18.4 Å². The number of carbonyl (C=O) groups is 2. The summed E-state index contributed by atoms with van der Waals surface area (Å²) in [6.07, 6.45) is 3.07. The van der Waals surface area contributed by atoms with Crippen molar-refractivity contribution in [1.29, 1.82) is 0 Å². The van der Waals surface area contributed by atoms with Crippen molar-refractivity contribution in [3.63, 3.8) is 0 Å². The largest absolute Gasteiger partial charge is 0.342 e. The van der Waals surface area contributed by atoms with Gasteiger partial charge in [0.25, 0.3) is 0 Å². The Kier molecular flexibility index (Phi) is 5.60. The third kappa shape index (κ3) is 4.31. The number of rotatable bonds is 3. The Balaban J connectivity index is 1.46. The summed E-state index contributed by atoms with van der Waals surface area (Å²) in [5.74, 6) is -0.950. The molecule has 0 N–H and O–H groups in total. The minimum absolute atomic E-state index is 0.00280. The van der Waals surface area contributed by atoms with Crippen LogP contribution in [0.4, 0.5) is 14.5 Å². The fraction of sp³-hybridized carbons (Fsp3) is 0.391. The van der Waals surface area contributed by atoms with E-state index in [-0.39, 0.29) is 41.7 Å². The van der Waals surface area contributed by atoms with Crippen LogP contribution in [-0.4, -0.2) is 36.3 Å². The van der Waals surface area contributed by atoms with Gasteiger partial charge >= 0.3 is 0 Å². The van der Waals surface area contributed by atoms with Gasteiger partial charge in [-0.05, 0) is 54.8 Å². The van der Waals surface area contributed by atoms with Crippen molar-refractivity contribution in [3.8, 4) is 0 Å². The fourth-order valence-corrected chi connectivity index (χ4v) is 4.35. The van der Waals surface area contributed by atoms with Crippen LogP contribution in [0.15, 0.2) is 48.5 Å². The van der Waals surface area contributed by atoms with Crippen molar-refractivity contribution in [3.05, 3.63) is 65.7 Å². The van der Waals surface area contributed by atoms with Crippen molar-refractivity contribution in [2.24, 2.45) is 5.92 Å². The summed E-state index contributed by atoms with van der Waals surface area (Å²) in [5.41, 5.74) is 1.66. The van der Waals surface area contributed by atoms with E-state index in [1.807, 2.05) is 4.90 Å². The number of nitrogens with zero attached hydrogens (tertiary/aromatic N) is 2. The molecule has 4 rings (SSSR count). The first kappa shape index (κ1) is 19.6.